The van der Waals surface area contributed by atoms with Gasteiger partial charge in [-0.3, -0.25) is 4.79 Å². The number of carbonyl (C=O) groups excluding carboxylic acids is 1. The Morgan fingerprint density at radius 2 is 1.93 bits per heavy atom. The van der Waals surface area contributed by atoms with E-state index in [9.17, 15) is 13.2 Å². The number of hydrogen-bond donors (Lipinski definition) is 2. The van der Waals surface area contributed by atoms with E-state index in [0.29, 0.717) is 48.0 Å². The van der Waals surface area contributed by atoms with Crippen LogP contribution in [0.4, 0.5) is 5.82 Å². The molecule has 1 unspecified atom stereocenters. The molecular formula is C28H31N7O4S. The quantitative estimate of drug-likeness (QED) is 0.296. The van der Waals surface area contributed by atoms with Gasteiger partial charge in [0.2, 0.25) is 15.9 Å². The van der Waals surface area contributed by atoms with Crippen LogP contribution in [0.25, 0.3) is 22.3 Å². The van der Waals surface area contributed by atoms with Crippen LogP contribution in [0.15, 0.2) is 72.4 Å². The molecule has 1 amide bonds. The maximum absolute atomic E-state index is 12.8. The molecule has 1 saturated heterocycles. The Morgan fingerprint density at radius 1 is 1.18 bits per heavy atom. The van der Waals surface area contributed by atoms with E-state index in [4.69, 9.17) is 15.6 Å². The van der Waals surface area contributed by atoms with E-state index in [-0.39, 0.29) is 23.4 Å². The van der Waals surface area contributed by atoms with E-state index in [1.807, 2.05) is 35.9 Å². The zero-order chi connectivity index (χ0) is 28.3. The number of nitrogens with one attached hydrogen (secondary N) is 1. The minimum atomic E-state index is -3.70. The Balaban J connectivity index is 1.37. The molecule has 4 aromatic rings. The Bertz CT molecular complexity index is 1630. The average molecular weight is 562 g/mol. The van der Waals surface area contributed by atoms with Crippen molar-refractivity contribution >= 4 is 32.8 Å². The van der Waals surface area contributed by atoms with Gasteiger partial charge < -0.3 is 15.4 Å². The number of piperidine rings is 1. The third-order valence-electron chi connectivity index (χ3n) is 6.89. The van der Waals surface area contributed by atoms with E-state index in [2.05, 4.69) is 21.3 Å². The number of ether oxygens (including phenoxy) is 1. The summed E-state index contributed by atoms with van der Waals surface area (Å²) in [5, 5.41) is 5.52. The van der Waals surface area contributed by atoms with E-state index in [1.54, 1.807) is 17.0 Å². The number of rotatable bonds is 9. The van der Waals surface area contributed by atoms with Crippen LogP contribution in [0.2, 0.25) is 0 Å². The molecule has 1 aliphatic rings. The predicted octanol–water partition coefficient (Wildman–Crippen LogP) is 3.30. The summed E-state index contributed by atoms with van der Waals surface area (Å²) in [6.07, 6.45) is 4.42. The molecule has 0 radical (unpaired) electrons. The molecule has 3 N–H and O–H groups in total. The molecule has 1 atom stereocenters. The maximum Gasteiger partial charge on any atom is 0.246 e. The lowest BCUT2D eigenvalue weighted by molar-refractivity contribution is -0.127. The third-order valence-corrected chi connectivity index (χ3v) is 8.30. The number of anilines is 1. The fraction of sp³-hybridized carbons (Fsp3) is 0.286. The van der Waals surface area contributed by atoms with Gasteiger partial charge in [-0.05, 0) is 55.7 Å². The number of hydrogen-bond acceptors (Lipinski definition) is 8. The largest absolute Gasteiger partial charge is 0.494 e. The number of nitrogen functional groups attached to an aromatic ring is 1. The summed E-state index contributed by atoms with van der Waals surface area (Å²) in [7, 11) is -3.70. The monoisotopic (exact) mass is 561 g/mol. The van der Waals surface area contributed by atoms with Crippen molar-refractivity contribution in [2.24, 2.45) is 0 Å². The summed E-state index contributed by atoms with van der Waals surface area (Å²) in [6.45, 7) is 7.27. The van der Waals surface area contributed by atoms with Crippen molar-refractivity contribution in [1.29, 1.82) is 0 Å². The summed E-state index contributed by atoms with van der Waals surface area (Å²) < 4.78 is 35.4. The molecule has 0 spiro atoms. The van der Waals surface area contributed by atoms with Crippen molar-refractivity contribution in [3.63, 3.8) is 0 Å². The number of nitrogens with zero attached hydrogens (tertiary/aromatic N) is 5. The van der Waals surface area contributed by atoms with Crippen LogP contribution < -0.4 is 15.2 Å². The lowest BCUT2D eigenvalue weighted by Crippen LogP contribution is -2.40. The average Bonchev–Trinajstić information content (AvgIpc) is 3.37. The van der Waals surface area contributed by atoms with Gasteiger partial charge in [-0.25, -0.2) is 27.8 Å². The van der Waals surface area contributed by atoms with Crippen LogP contribution in [-0.2, 0) is 21.4 Å². The molecule has 1 aliphatic heterocycles. The Kier molecular flexibility index (Phi) is 7.81. The first kappa shape index (κ1) is 27.3. The Morgan fingerprint density at radius 3 is 2.62 bits per heavy atom. The third kappa shape index (κ3) is 5.54. The Labute approximate surface area is 232 Å². The number of nitrogens with two attached hydrogens (primary N) is 1. The number of sulfonamides is 1. The Hall–Kier alpha value is -4.29. The molecule has 208 valence electrons. The van der Waals surface area contributed by atoms with Crippen LogP contribution in [0, 0.1) is 0 Å². The standard InChI is InChI=1S/C28H31N7O4S/c1-3-24(36)34-15-5-6-21(17-34)35-28-25(27(29)30-18-31-28)26(33-35)20-9-7-19(8-10-20)16-32-40(37,38)23-13-11-22(12-14-23)39-4-2/h3,7-14,18,21,32H,1,4-6,15-17H2,2H3,(H2,29,30,31). The first-order valence-corrected chi connectivity index (χ1v) is 14.5. The summed E-state index contributed by atoms with van der Waals surface area (Å²) in [5.74, 6) is 0.821. The number of amides is 1. The molecule has 1 fully saturated rings. The van der Waals surface area contributed by atoms with Crippen molar-refractivity contribution in [1.82, 2.24) is 29.4 Å². The number of aromatic nitrogens is 4. The van der Waals surface area contributed by atoms with Gasteiger partial charge in [0.05, 0.1) is 22.9 Å². The molecule has 11 nitrogen and oxygen atoms in total. The molecule has 2 aromatic carbocycles. The molecule has 0 aliphatic carbocycles. The van der Waals surface area contributed by atoms with Gasteiger partial charge in [0, 0.05) is 25.2 Å². The van der Waals surface area contributed by atoms with Crippen molar-refractivity contribution in [3.8, 4) is 17.0 Å². The van der Waals surface area contributed by atoms with Crippen molar-refractivity contribution in [3.05, 3.63) is 73.1 Å². The molecule has 12 heteroatoms. The number of fused-ring (bicyclic) bond motifs is 1. The lowest BCUT2D eigenvalue weighted by Gasteiger charge is -2.32. The van der Waals surface area contributed by atoms with Gasteiger partial charge in [-0.1, -0.05) is 30.8 Å². The second-order valence-electron chi connectivity index (χ2n) is 9.46. The van der Waals surface area contributed by atoms with Crippen LogP contribution >= 0.6 is 0 Å². The fourth-order valence-corrected chi connectivity index (χ4v) is 5.88. The molecule has 3 heterocycles. The molecule has 5 rings (SSSR count). The smallest absolute Gasteiger partial charge is 0.246 e. The van der Waals surface area contributed by atoms with Gasteiger partial charge >= 0.3 is 0 Å². The maximum atomic E-state index is 12.8. The number of likely N-dealkylation sites (tertiary alicyclic amines) is 1. The highest BCUT2D eigenvalue weighted by atomic mass is 32.2. The highest BCUT2D eigenvalue weighted by Gasteiger charge is 2.28. The first-order valence-electron chi connectivity index (χ1n) is 13.0. The summed E-state index contributed by atoms with van der Waals surface area (Å²) in [4.78, 5) is 22.8. The normalized spacial score (nSPS) is 15.7. The van der Waals surface area contributed by atoms with Crippen LogP contribution in [0.1, 0.15) is 31.4 Å². The first-order chi connectivity index (χ1) is 19.3. The highest BCUT2D eigenvalue weighted by molar-refractivity contribution is 7.89. The van der Waals surface area contributed by atoms with Gasteiger partial charge in [-0.15, -0.1) is 0 Å². The summed E-state index contributed by atoms with van der Waals surface area (Å²) >= 11 is 0. The van der Waals surface area contributed by atoms with Crippen molar-refractivity contribution in [2.45, 2.75) is 37.2 Å². The van der Waals surface area contributed by atoms with Gasteiger partial charge in [0.15, 0.2) is 5.65 Å². The minimum absolute atomic E-state index is 0.0699. The second kappa shape index (κ2) is 11.4. The van der Waals surface area contributed by atoms with E-state index >= 15 is 0 Å². The highest BCUT2D eigenvalue weighted by Crippen LogP contribution is 2.34. The van der Waals surface area contributed by atoms with Gasteiger partial charge in [0.1, 0.15) is 23.6 Å². The molecule has 2 aromatic heterocycles. The van der Waals surface area contributed by atoms with Crippen LogP contribution in [0.5, 0.6) is 5.75 Å². The molecule has 40 heavy (non-hydrogen) atoms. The molecule has 0 bridgehead atoms. The van der Waals surface area contributed by atoms with Crippen LogP contribution in [-0.4, -0.2) is 58.7 Å². The summed E-state index contributed by atoms with van der Waals surface area (Å²) in [6, 6.07) is 13.6. The minimum Gasteiger partial charge on any atom is -0.494 e. The topological polar surface area (TPSA) is 145 Å². The van der Waals surface area contributed by atoms with E-state index in [0.717, 1.165) is 24.0 Å². The molecular weight excluding hydrogens is 530 g/mol. The van der Waals surface area contributed by atoms with Gasteiger partial charge in [0.25, 0.3) is 0 Å². The molecule has 0 saturated carbocycles. The SMILES string of the molecule is C=CC(=O)N1CCCC(n2nc(-c3ccc(CNS(=O)(=O)c4ccc(OCC)cc4)cc3)c3c(N)ncnc32)C1. The second-order valence-corrected chi connectivity index (χ2v) is 11.2. The zero-order valence-corrected chi connectivity index (χ0v) is 23.0. The van der Waals surface area contributed by atoms with Crippen molar-refractivity contribution in [2.75, 3.05) is 25.4 Å². The summed E-state index contributed by atoms with van der Waals surface area (Å²) in [5.41, 5.74) is 9.07. The van der Waals surface area contributed by atoms with Crippen molar-refractivity contribution < 1.29 is 17.9 Å². The van der Waals surface area contributed by atoms with E-state index in [1.165, 1.54) is 24.5 Å². The zero-order valence-electron chi connectivity index (χ0n) is 22.2. The van der Waals surface area contributed by atoms with E-state index < -0.39 is 10.0 Å². The van der Waals surface area contributed by atoms with Gasteiger partial charge in [-0.2, -0.15) is 5.10 Å². The lowest BCUT2D eigenvalue weighted by atomic mass is 10.1. The van der Waals surface area contributed by atoms with Crippen LogP contribution in [0.3, 0.4) is 0 Å². The fourth-order valence-electron chi connectivity index (χ4n) is 4.86. The number of benzene rings is 2. The number of carbonyl (C=O) groups is 1. The predicted molar refractivity (Wildman–Crippen MR) is 152 cm³/mol.